The van der Waals surface area contributed by atoms with Crippen LogP contribution in [0.15, 0.2) is 49.6 Å². The quantitative estimate of drug-likeness (QED) is 0.164. The molecule has 11 nitrogen and oxygen atoms in total. The zero-order valence-corrected chi connectivity index (χ0v) is 24.9. The average molecular weight is 631 g/mol. The molecule has 41 heavy (non-hydrogen) atoms. The van der Waals surface area contributed by atoms with Gasteiger partial charge in [-0.1, -0.05) is 59.3 Å². The fourth-order valence-electron chi connectivity index (χ4n) is 6.66. The second-order valence-electron chi connectivity index (χ2n) is 11.2. The fourth-order valence-corrected chi connectivity index (χ4v) is 7.61. The molecule has 1 spiro atoms. The van der Waals surface area contributed by atoms with Gasteiger partial charge in [0, 0.05) is 11.4 Å². The molecule has 3 fully saturated rings. The number of rotatable bonds is 12. The number of hydrogen-bond donors (Lipinski definition) is 1. The van der Waals surface area contributed by atoms with Gasteiger partial charge in [0.05, 0.1) is 42.7 Å². The van der Waals surface area contributed by atoms with Gasteiger partial charge >= 0.3 is 5.97 Å². The predicted octanol–water partition coefficient (Wildman–Crippen LogP) is 2.29. The van der Waals surface area contributed by atoms with E-state index in [0.717, 1.165) is 5.52 Å². The zero-order valence-electron chi connectivity index (χ0n) is 23.3. The van der Waals surface area contributed by atoms with E-state index < -0.39 is 41.6 Å². The minimum absolute atomic E-state index is 0.0598. The first kappa shape index (κ1) is 29.4. The van der Waals surface area contributed by atoms with Gasteiger partial charge in [0.15, 0.2) is 0 Å². The van der Waals surface area contributed by atoms with E-state index in [4.69, 9.17) is 9.47 Å². The summed E-state index contributed by atoms with van der Waals surface area (Å²) < 4.78 is 13.7. The molecular formula is C29H36BrN5O6. The molecule has 3 unspecified atom stereocenters. The van der Waals surface area contributed by atoms with E-state index >= 15 is 0 Å². The number of nitrogens with zero attached hydrogens (tertiary/aromatic N) is 5. The van der Waals surface area contributed by atoms with Crippen LogP contribution < -0.4 is 0 Å². The second kappa shape index (κ2) is 11.7. The lowest BCUT2D eigenvalue weighted by atomic mass is 9.70. The molecule has 0 saturated carbocycles. The van der Waals surface area contributed by atoms with Crippen LogP contribution in [0.4, 0.5) is 0 Å². The lowest BCUT2D eigenvalue weighted by molar-refractivity contribution is -0.157. The maximum Gasteiger partial charge on any atom is 0.312 e. The fraction of sp³-hybridized carbons (Fsp3) is 0.552. The Morgan fingerprint density at radius 2 is 2.07 bits per heavy atom. The van der Waals surface area contributed by atoms with Crippen molar-refractivity contribution in [3.8, 4) is 0 Å². The molecule has 12 heteroatoms. The molecule has 220 valence electrons. The molecule has 3 saturated heterocycles. The number of benzene rings is 1. The SMILES string of the molecule is C=CCCOC(=O)[C@H]1[C@H]2C(=O)N([C@@H](CO)C(C)C)C(C(=O)N(CC=C)Cn3nnc4ccccc43)C23CC(Br)[C@@H]1O3. The maximum absolute atomic E-state index is 14.6. The molecule has 1 aromatic heterocycles. The van der Waals surface area contributed by atoms with Crippen molar-refractivity contribution in [3.05, 3.63) is 49.6 Å². The molecule has 4 heterocycles. The topological polar surface area (TPSA) is 127 Å². The number of hydrogen-bond acceptors (Lipinski definition) is 8. The molecule has 3 aliphatic rings. The number of amides is 2. The number of aliphatic hydroxyl groups is 1. The molecule has 7 atom stereocenters. The number of carbonyl (C=O) groups is 3. The summed E-state index contributed by atoms with van der Waals surface area (Å²) in [6.07, 6.45) is 3.46. The first-order valence-electron chi connectivity index (χ1n) is 13.9. The number of fused-ring (bicyclic) bond motifs is 2. The molecule has 3 aliphatic heterocycles. The highest BCUT2D eigenvalue weighted by molar-refractivity contribution is 9.09. The van der Waals surface area contributed by atoms with Gasteiger partial charge in [-0.15, -0.1) is 18.3 Å². The molecule has 5 rings (SSSR count). The Morgan fingerprint density at radius 3 is 2.76 bits per heavy atom. The van der Waals surface area contributed by atoms with Gasteiger partial charge in [0.1, 0.15) is 23.8 Å². The van der Waals surface area contributed by atoms with E-state index in [1.54, 1.807) is 21.7 Å². The normalized spacial score (nSPS) is 29.1. The van der Waals surface area contributed by atoms with Gasteiger partial charge in [0.2, 0.25) is 11.8 Å². The van der Waals surface area contributed by atoms with Crippen molar-refractivity contribution in [1.82, 2.24) is 24.8 Å². The Labute approximate surface area is 247 Å². The van der Waals surface area contributed by atoms with E-state index in [0.29, 0.717) is 18.4 Å². The van der Waals surface area contributed by atoms with Gasteiger partial charge in [-0.25, -0.2) is 4.68 Å². The number of halogens is 1. The van der Waals surface area contributed by atoms with Crippen LogP contribution in [0.3, 0.4) is 0 Å². The van der Waals surface area contributed by atoms with Crippen molar-refractivity contribution in [1.29, 1.82) is 0 Å². The number of alkyl halides is 1. The second-order valence-corrected chi connectivity index (χ2v) is 12.4. The Morgan fingerprint density at radius 1 is 1.32 bits per heavy atom. The van der Waals surface area contributed by atoms with Gasteiger partial charge in [-0.3, -0.25) is 14.4 Å². The first-order valence-corrected chi connectivity index (χ1v) is 14.8. The third-order valence-electron chi connectivity index (χ3n) is 8.50. The largest absolute Gasteiger partial charge is 0.465 e. The molecular weight excluding hydrogens is 594 g/mol. The Hall–Kier alpha value is -3.09. The number of aliphatic hydroxyl groups excluding tert-OH is 1. The van der Waals surface area contributed by atoms with Crippen molar-refractivity contribution in [2.75, 3.05) is 19.8 Å². The summed E-state index contributed by atoms with van der Waals surface area (Å²) in [6, 6.07) is 5.69. The van der Waals surface area contributed by atoms with Gasteiger partial charge in [0.25, 0.3) is 0 Å². The van der Waals surface area contributed by atoms with E-state index in [2.05, 4.69) is 39.4 Å². The summed E-state index contributed by atoms with van der Waals surface area (Å²) in [5.41, 5.74) is 0.162. The highest BCUT2D eigenvalue weighted by Gasteiger charge is 2.77. The first-order chi connectivity index (χ1) is 19.7. The standard InChI is InChI=1S/C29H36BrN5O6/c1-5-7-13-40-28(39)22-23-26(37)35(21(15-36)17(3)4)25(29(23)14-18(30)24(22)41-29)27(38)33(12-6-2)16-34-20-11-9-8-10-19(20)31-32-34/h5-6,8-11,17-18,21-25,36H,1-2,7,12-16H2,3-4H3/t18?,21-,22-,23-,24-,25?,29?/m0/s1. The Bertz CT molecular complexity index is 1350. The molecule has 0 aliphatic carbocycles. The summed E-state index contributed by atoms with van der Waals surface area (Å²) in [5, 5.41) is 18.9. The minimum Gasteiger partial charge on any atom is -0.465 e. The van der Waals surface area contributed by atoms with Crippen LogP contribution in [0.2, 0.25) is 0 Å². The highest BCUT2D eigenvalue weighted by Crippen LogP contribution is 2.61. The Balaban J connectivity index is 1.56. The lowest BCUT2D eigenvalue weighted by Crippen LogP contribution is -2.60. The van der Waals surface area contributed by atoms with Crippen LogP contribution in [0.1, 0.15) is 26.7 Å². The maximum atomic E-state index is 14.6. The molecule has 2 amide bonds. The van der Waals surface area contributed by atoms with Crippen LogP contribution in [0.25, 0.3) is 11.0 Å². The zero-order chi connectivity index (χ0) is 29.5. The minimum atomic E-state index is -1.28. The highest BCUT2D eigenvalue weighted by atomic mass is 79.9. The molecule has 2 aromatic rings. The third kappa shape index (κ3) is 4.79. The number of carbonyl (C=O) groups excluding carboxylic acids is 3. The number of likely N-dealkylation sites (tertiary alicyclic amines) is 1. The van der Waals surface area contributed by atoms with Crippen molar-refractivity contribution >= 4 is 44.7 Å². The smallest absolute Gasteiger partial charge is 0.312 e. The summed E-state index contributed by atoms with van der Waals surface area (Å²) in [7, 11) is 0. The van der Waals surface area contributed by atoms with Gasteiger partial charge < -0.3 is 24.4 Å². The summed E-state index contributed by atoms with van der Waals surface area (Å²) in [4.78, 5) is 45.1. The molecule has 0 radical (unpaired) electrons. The van der Waals surface area contributed by atoms with Crippen LogP contribution in [0.5, 0.6) is 0 Å². The van der Waals surface area contributed by atoms with E-state index in [1.807, 2.05) is 38.1 Å². The van der Waals surface area contributed by atoms with Crippen molar-refractivity contribution < 1.29 is 29.0 Å². The Kier molecular flexibility index (Phi) is 8.36. The summed E-state index contributed by atoms with van der Waals surface area (Å²) in [6.45, 7) is 11.3. The van der Waals surface area contributed by atoms with E-state index in [-0.39, 0.29) is 49.0 Å². The summed E-state index contributed by atoms with van der Waals surface area (Å²) in [5.74, 6) is -3.26. The predicted molar refractivity (Wildman–Crippen MR) is 153 cm³/mol. The van der Waals surface area contributed by atoms with Gasteiger partial charge in [-0.05, 0) is 30.9 Å². The number of esters is 1. The number of aromatic nitrogens is 3. The average Bonchev–Trinajstić information content (AvgIpc) is 3.66. The molecule has 1 N–H and O–H groups in total. The number of ether oxygens (including phenoxy) is 2. The van der Waals surface area contributed by atoms with E-state index in [9.17, 15) is 19.5 Å². The van der Waals surface area contributed by atoms with Gasteiger partial charge in [-0.2, -0.15) is 0 Å². The van der Waals surface area contributed by atoms with Crippen LogP contribution >= 0.6 is 15.9 Å². The van der Waals surface area contributed by atoms with Crippen molar-refractivity contribution in [3.63, 3.8) is 0 Å². The van der Waals surface area contributed by atoms with Crippen LogP contribution in [0, 0.1) is 17.8 Å². The third-order valence-corrected chi connectivity index (χ3v) is 9.34. The number of para-hydroxylation sites is 1. The van der Waals surface area contributed by atoms with Crippen LogP contribution in [-0.2, 0) is 30.5 Å². The summed E-state index contributed by atoms with van der Waals surface area (Å²) >= 11 is 3.67. The molecule has 2 bridgehead atoms. The van der Waals surface area contributed by atoms with E-state index in [1.165, 1.54) is 4.90 Å². The van der Waals surface area contributed by atoms with Crippen LogP contribution in [-0.4, -0.2) is 96.1 Å². The van der Waals surface area contributed by atoms with Crippen molar-refractivity contribution in [2.45, 2.75) is 62.0 Å². The lowest BCUT2D eigenvalue weighted by Gasteiger charge is -2.40. The monoisotopic (exact) mass is 629 g/mol. The van der Waals surface area contributed by atoms with Crippen molar-refractivity contribution in [2.24, 2.45) is 17.8 Å². The molecule has 1 aromatic carbocycles.